The maximum atomic E-state index is 12.9. The van der Waals surface area contributed by atoms with Gasteiger partial charge in [-0.25, -0.2) is 8.42 Å². The van der Waals surface area contributed by atoms with Gasteiger partial charge in [-0.2, -0.15) is 0 Å². The van der Waals surface area contributed by atoms with Crippen molar-refractivity contribution in [1.82, 2.24) is 4.98 Å². The smallest absolute Gasteiger partial charge is 0.261 e. The average molecular weight is 465 g/mol. The second-order valence-electron chi connectivity index (χ2n) is 7.72. The molecule has 8 nitrogen and oxygen atoms in total. The number of benzene rings is 2. The van der Waals surface area contributed by atoms with Gasteiger partial charge in [0, 0.05) is 36.7 Å². The number of amides is 2. The van der Waals surface area contributed by atoms with Crippen LogP contribution in [0.3, 0.4) is 0 Å². The molecule has 0 saturated carbocycles. The third kappa shape index (κ3) is 5.04. The molecule has 2 N–H and O–H groups in total. The minimum Gasteiger partial charge on any atom is -0.326 e. The van der Waals surface area contributed by atoms with Crippen LogP contribution in [0.25, 0.3) is 0 Å². The molecule has 0 radical (unpaired) electrons. The van der Waals surface area contributed by atoms with Gasteiger partial charge in [0.15, 0.2) is 0 Å². The van der Waals surface area contributed by atoms with Crippen molar-refractivity contribution >= 4 is 38.9 Å². The number of hydrogen-bond acceptors (Lipinski definition) is 5. The van der Waals surface area contributed by atoms with Gasteiger partial charge < -0.3 is 10.2 Å². The molecule has 1 aromatic heterocycles. The van der Waals surface area contributed by atoms with Crippen molar-refractivity contribution in [1.29, 1.82) is 0 Å². The summed E-state index contributed by atoms with van der Waals surface area (Å²) in [7, 11) is -3.85. The Bertz CT molecular complexity index is 1280. The number of rotatable bonds is 7. The molecule has 0 aliphatic carbocycles. The highest BCUT2D eigenvalue weighted by Crippen LogP contribution is 2.32. The predicted octanol–water partition coefficient (Wildman–Crippen LogP) is 3.82. The summed E-state index contributed by atoms with van der Waals surface area (Å²) in [5.74, 6) is -0.294. The first-order valence-corrected chi connectivity index (χ1v) is 12.1. The third-order valence-electron chi connectivity index (χ3n) is 5.31. The zero-order valence-corrected chi connectivity index (χ0v) is 18.9. The summed E-state index contributed by atoms with van der Waals surface area (Å²) in [5.41, 5.74) is 3.03. The zero-order chi connectivity index (χ0) is 23.4. The van der Waals surface area contributed by atoms with E-state index in [2.05, 4.69) is 15.0 Å². The van der Waals surface area contributed by atoms with E-state index < -0.39 is 10.0 Å². The maximum absolute atomic E-state index is 12.9. The number of pyridine rings is 1. The number of sulfonamides is 1. The Hall–Kier alpha value is -3.72. The van der Waals surface area contributed by atoms with E-state index in [4.69, 9.17) is 0 Å². The molecule has 4 rings (SSSR count). The minimum absolute atomic E-state index is 0.0692. The van der Waals surface area contributed by atoms with Crippen LogP contribution in [-0.4, -0.2) is 31.8 Å². The predicted molar refractivity (Wildman–Crippen MR) is 127 cm³/mol. The van der Waals surface area contributed by atoms with Crippen LogP contribution in [0.4, 0.5) is 17.1 Å². The van der Waals surface area contributed by atoms with Crippen molar-refractivity contribution in [3.05, 3.63) is 78.1 Å². The first kappa shape index (κ1) is 22.5. The molecule has 9 heteroatoms. The van der Waals surface area contributed by atoms with Crippen LogP contribution in [0.5, 0.6) is 0 Å². The second-order valence-corrected chi connectivity index (χ2v) is 9.40. The van der Waals surface area contributed by atoms with Crippen LogP contribution in [0, 0.1) is 0 Å². The van der Waals surface area contributed by atoms with Crippen LogP contribution in [0.2, 0.25) is 0 Å². The second kappa shape index (κ2) is 9.41. The van der Waals surface area contributed by atoms with Gasteiger partial charge in [-0.3, -0.25) is 19.3 Å². The molecule has 33 heavy (non-hydrogen) atoms. The molecule has 2 amide bonds. The summed E-state index contributed by atoms with van der Waals surface area (Å²) < 4.78 is 28.4. The average Bonchev–Trinajstić information content (AvgIpc) is 3.22. The van der Waals surface area contributed by atoms with E-state index in [1.54, 1.807) is 47.5 Å². The van der Waals surface area contributed by atoms with Gasteiger partial charge >= 0.3 is 0 Å². The summed E-state index contributed by atoms with van der Waals surface area (Å²) in [4.78, 5) is 30.3. The fraction of sp³-hybridized carbons (Fsp3) is 0.208. The van der Waals surface area contributed by atoms with Gasteiger partial charge in [0.1, 0.15) is 0 Å². The monoisotopic (exact) mass is 464 g/mol. The van der Waals surface area contributed by atoms with Crippen molar-refractivity contribution in [2.24, 2.45) is 0 Å². The molecule has 2 aromatic carbocycles. The molecule has 0 fully saturated rings. The number of carbonyl (C=O) groups excluding carboxylic acids is 2. The number of aromatic nitrogens is 1. The van der Waals surface area contributed by atoms with E-state index in [9.17, 15) is 18.0 Å². The van der Waals surface area contributed by atoms with Gasteiger partial charge in [0.25, 0.3) is 15.9 Å². The zero-order valence-electron chi connectivity index (χ0n) is 18.1. The lowest BCUT2D eigenvalue weighted by atomic mass is 10.1. The van der Waals surface area contributed by atoms with E-state index in [1.807, 2.05) is 13.0 Å². The first-order chi connectivity index (χ1) is 15.9. The van der Waals surface area contributed by atoms with Crippen LogP contribution in [0.1, 0.15) is 35.7 Å². The molecular weight excluding hydrogens is 440 g/mol. The molecule has 1 aliphatic heterocycles. The number of carbonyl (C=O) groups is 2. The molecule has 0 atom stereocenters. The highest BCUT2D eigenvalue weighted by atomic mass is 32.2. The lowest BCUT2D eigenvalue weighted by Crippen LogP contribution is -2.29. The topological polar surface area (TPSA) is 108 Å². The van der Waals surface area contributed by atoms with Gasteiger partial charge in [0.05, 0.1) is 16.1 Å². The number of hydrogen-bond donors (Lipinski definition) is 2. The fourth-order valence-corrected chi connectivity index (χ4v) is 4.73. The number of fused-ring (bicyclic) bond motifs is 1. The largest absolute Gasteiger partial charge is 0.326 e. The lowest BCUT2D eigenvalue weighted by Gasteiger charge is -2.18. The SMILES string of the molecule is CCCC(=O)Nc1ccc(S(=O)(=O)Nc2ccc3c(c2)N(C(=O)c2cccnc2)CC3)cc1. The van der Waals surface area contributed by atoms with E-state index in [0.29, 0.717) is 42.0 Å². The standard InChI is InChI=1S/C24H24N4O4S/c1-2-4-23(29)26-19-8-10-21(11-9-19)33(31,32)27-20-7-6-17-12-14-28(22(17)15-20)24(30)18-5-3-13-25-16-18/h3,5-11,13,15-16,27H,2,4,12,14H2,1H3,(H,26,29). The first-order valence-electron chi connectivity index (χ1n) is 10.6. The number of anilines is 3. The van der Waals surface area contributed by atoms with Crippen LogP contribution >= 0.6 is 0 Å². The van der Waals surface area contributed by atoms with E-state index in [-0.39, 0.29) is 16.7 Å². The van der Waals surface area contributed by atoms with Crippen molar-refractivity contribution in [2.45, 2.75) is 31.1 Å². The highest BCUT2D eigenvalue weighted by molar-refractivity contribution is 7.92. The van der Waals surface area contributed by atoms with Gasteiger partial charge in [-0.05, 0) is 66.9 Å². The molecule has 0 unspecified atom stereocenters. The minimum atomic E-state index is -3.85. The van der Waals surface area contributed by atoms with Crippen molar-refractivity contribution in [3.63, 3.8) is 0 Å². The Balaban J connectivity index is 1.51. The molecule has 1 aliphatic rings. The Kier molecular flexibility index (Phi) is 6.41. The lowest BCUT2D eigenvalue weighted by molar-refractivity contribution is -0.116. The summed E-state index contributed by atoms with van der Waals surface area (Å²) in [6.07, 6.45) is 4.95. The Labute approximate surface area is 192 Å². The van der Waals surface area contributed by atoms with Crippen molar-refractivity contribution in [2.75, 3.05) is 21.5 Å². The fourth-order valence-electron chi connectivity index (χ4n) is 3.68. The van der Waals surface area contributed by atoms with Crippen molar-refractivity contribution in [3.8, 4) is 0 Å². The van der Waals surface area contributed by atoms with Gasteiger partial charge in [0.2, 0.25) is 5.91 Å². The summed E-state index contributed by atoms with van der Waals surface area (Å²) in [6, 6.07) is 14.6. The van der Waals surface area contributed by atoms with Gasteiger partial charge in [-0.1, -0.05) is 13.0 Å². The summed E-state index contributed by atoms with van der Waals surface area (Å²) >= 11 is 0. The van der Waals surface area contributed by atoms with Crippen LogP contribution in [-0.2, 0) is 21.2 Å². The summed E-state index contributed by atoms with van der Waals surface area (Å²) in [5, 5.41) is 2.73. The van der Waals surface area contributed by atoms with E-state index in [0.717, 1.165) is 12.0 Å². The molecule has 0 saturated heterocycles. The van der Waals surface area contributed by atoms with E-state index in [1.165, 1.54) is 18.3 Å². The normalized spacial score (nSPS) is 12.8. The van der Waals surface area contributed by atoms with Crippen molar-refractivity contribution < 1.29 is 18.0 Å². The molecule has 0 spiro atoms. The maximum Gasteiger partial charge on any atom is 0.261 e. The molecule has 3 aromatic rings. The molecule has 2 heterocycles. The number of nitrogens with zero attached hydrogens (tertiary/aromatic N) is 2. The quantitative estimate of drug-likeness (QED) is 0.553. The third-order valence-corrected chi connectivity index (χ3v) is 6.71. The van der Waals surface area contributed by atoms with Gasteiger partial charge in [-0.15, -0.1) is 0 Å². The summed E-state index contributed by atoms with van der Waals surface area (Å²) in [6.45, 7) is 2.43. The number of nitrogens with one attached hydrogen (secondary N) is 2. The van der Waals surface area contributed by atoms with Crippen LogP contribution < -0.4 is 14.9 Å². The molecule has 170 valence electrons. The van der Waals surface area contributed by atoms with Crippen LogP contribution in [0.15, 0.2) is 71.9 Å². The molecule has 0 bridgehead atoms. The van der Waals surface area contributed by atoms with E-state index >= 15 is 0 Å². The highest BCUT2D eigenvalue weighted by Gasteiger charge is 2.26. The Morgan fingerprint density at radius 1 is 1.06 bits per heavy atom. The Morgan fingerprint density at radius 3 is 2.52 bits per heavy atom. The Morgan fingerprint density at radius 2 is 1.82 bits per heavy atom. The molecular formula is C24H24N4O4S.